The number of fused-ring (bicyclic) bond motifs is 2. The zero-order chi connectivity index (χ0) is 23.0. The van der Waals surface area contributed by atoms with Crippen LogP contribution in [-0.4, -0.2) is 41.9 Å². The van der Waals surface area contributed by atoms with E-state index in [1.807, 2.05) is 4.72 Å². The van der Waals surface area contributed by atoms with Crippen molar-refractivity contribution in [2.24, 2.45) is 0 Å². The first-order valence-corrected chi connectivity index (χ1v) is 10.9. The van der Waals surface area contributed by atoms with Crippen molar-refractivity contribution in [1.29, 1.82) is 0 Å². The Labute approximate surface area is 181 Å². The number of hydrogen-bond acceptors (Lipinski definition) is 8. The number of ether oxygens (including phenoxy) is 1. The van der Waals surface area contributed by atoms with Crippen LogP contribution in [0.25, 0.3) is 0 Å². The Kier molecular flexibility index (Phi) is 5.15. The van der Waals surface area contributed by atoms with Crippen LogP contribution >= 0.6 is 0 Å². The van der Waals surface area contributed by atoms with E-state index >= 15 is 0 Å². The lowest BCUT2D eigenvalue weighted by atomic mass is 9.83. The van der Waals surface area contributed by atoms with Crippen molar-refractivity contribution < 1.29 is 37.8 Å². The average molecular weight is 453 g/mol. The number of phenolic OH excluding ortho intramolecular Hbond substituents is 2. The van der Waals surface area contributed by atoms with Crippen molar-refractivity contribution in [3.8, 4) is 17.2 Å². The standard InChI is InChI=1S/C22H15NO8S/c24-17(31-12-6-2-1-3-7-12)11-32(29,30)23-16-10-15-18(22(28)21(16)27)20(26)14-9-5-4-8-13(14)19(15)25/h1-10,23,27-28H,11H2. The molecule has 3 aromatic carbocycles. The summed E-state index contributed by atoms with van der Waals surface area (Å²) in [4.78, 5) is 37.5. The maximum atomic E-state index is 12.8. The fraction of sp³-hybridized carbons (Fsp3) is 0.0455. The summed E-state index contributed by atoms with van der Waals surface area (Å²) in [6.45, 7) is 0. The van der Waals surface area contributed by atoms with Gasteiger partial charge in [-0.25, -0.2) is 8.42 Å². The van der Waals surface area contributed by atoms with E-state index in [-0.39, 0.29) is 22.4 Å². The van der Waals surface area contributed by atoms with Crippen molar-refractivity contribution in [2.75, 3.05) is 10.5 Å². The Morgan fingerprint density at radius 1 is 0.844 bits per heavy atom. The number of esters is 1. The van der Waals surface area contributed by atoms with Crippen LogP contribution < -0.4 is 9.46 Å². The Balaban J connectivity index is 1.64. The van der Waals surface area contributed by atoms with Gasteiger partial charge in [0.15, 0.2) is 28.8 Å². The Bertz CT molecular complexity index is 1380. The predicted octanol–water partition coefficient (Wildman–Crippen LogP) is 2.22. The molecule has 3 aromatic rings. The first-order chi connectivity index (χ1) is 15.2. The minimum absolute atomic E-state index is 0.0525. The fourth-order valence-electron chi connectivity index (χ4n) is 3.31. The third kappa shape index (κ3) is 3.79. The molecular formula is C22H15NO8S. The molecule has 1 aliphatic rings. The summed E-state index contributed by atoms with van der Waals surface area (Å²) < 4.78 is 31.7. The minimum atomic E-state index is -4.40. The zero-order valence-electron chi connectivity index (χ0n) is 16.2. The normalized spacial score (nSPS) is 12.6. The van der Waals surface area contributed by atoms with Crippen LogP contribution in [0.3, 0.4) is 0 Å². The molecular weight excluding hydrogens is 438 g/mol. The Hall–Kier alpha value is -4.18. The minimum Gasteiger partial charge on any atom is -0.504 e. The summed E-state index contributed by atoms with van der Waals surface area (Å²) in [5.41, 5.74) is -1.15. The molecule has 0 bridgehead atoms. The molecule has 0 aliphatic heterocycles. The quantitative estimate of drug-likeness (QED) is 0.237. The maximum absolute atomic E-state index is 12.8. The highest BCUT2D eigenvalue weighted by molar-refractivity contribution is 7.93. The van der Waals surface area contributed by atoms with E-state index in [1.54, 1.807) is 30.3 Å². The first-order valence-electron chi connectivity index (χ1n) is 9.21. The number of anilines is 1. The number of hydrogen-bond donors (Lipinski definition) is 3. The topological polar surface area (TPSA) is 147 Å². The molecule has 32 heavy (non-hydrogen) atoms. The Morgan fingerprint density at radius 3 is 2.09 bits per heavy atom. The van der Waals surface area contributed by atoms with E-state index in [9.17, 15) is 33.0 Å². The molecule has 4 rings (SSSR count). The van der Waals surface area contributed by atoms with E-state index in [1.165, 1.54) is 24.3 Å². The molecule has 0 saturated carbocycles. The molecule has 0 heterocycles. The number of nitrogens with one attached hydrogen (secondary N) is 1. The second kappa shape index (κ2) is 7.82. The van der Waals surface area contributed by atoms with Crippen molar-refractivity contribution in [2.45, 2.75) is 0 Å². The summed E-state index contributed by atoms with van der Waals surface area (Å²) >= 11 is 0. The van der Waals surface area contributed by atoms with Gasteiger partial charge in [-0.2, -0.15) is 0 Å². The monoisotopic (exact) mass is 453 g/mol. The Morgan fingerprint density at radius 2 is 1.44 bits per heavy atom. The first kappa shape index (κ1) is 21.1. The van der Waals surface area contributed by atoms with Crippen LogP contribution in [0.1, 0.15) is 31.8 Å². The average Bonchev–Trinajstić information content (AvgIpc) is 2.75. The lowest BCUT2D eigenvalue weighted by Gasteiger charge is -2.20. The number of sulfonamides is 1. The van der Waals surface area contributed by atoms with E-state index < -0.39 is 56.1 Å². The molecule has 0 saturated heterocycles. The van der Waals surface area contributed by atoms with Gasteiger partial charge in [0.25, 0.3) is 0 Å². The van der Waals surface area contributed by atoms with E-state index in [0.29, 0.717) is 0 Å². The van der Waals surface area contributed by atoms with Gasteiger partial charge >= 0.3 is 5.97 Å². The van der Waals surface area contributed by atoms with Crippen LogP contribution in [0, 0.1) is 0 Å². The SMILES string of the molecule is O=C(CS(=O)(=O)Nc1cc2c(c(O)c1O)C(=O)c1ccccc1C2=O)Oc1ccccc1. The third-order valence-electron chi connectivity index (χ3n) is 4.71. The number of benzene rings is 3. The van der Waals surface area contributed by atoms with Gasteiger partial charge in [0.05, 0.1) is 11.3 Å². The zero-order valence-corrected chi connectivity index (χ0v) is 17.0. The van der Waals surface area contributed by atoms with Crippen molar-refractivity contribution in [1.82, 2.24) is 0 Å². The van der Waals surface area contributed by atoms with Gasteiger partial charge < -0.3 is 14.9 Å². The second-order valence-corrected chi connectivity index (χ2v) is 8.62. The highest BCUT2D eigenvalue weighted by Gasteiger charge is 2.35. The van der Waals surface area contributed by atoms with Gasteiger partial charge in [0.2, 0.25) is 10.0 Å². The van der Waals surface area contributed by atoms with Gasteiger partial charge in [-0.15, -0.1) is 0 Å². The largest absolute Gasteiger partial charge is 0.504 e. The van der Waals surface area contributed by atoms with Crippen LogP contribution in [-0.2, 0) is 14.8 Å². The molecule has 10 heteroatoms. The van der Waals surface area contributed by atoms with E-state index in [0.717, 1.165) is 6.07 Å². The van der Waals surface area contributed by atoms with Gasteiger partial charge in [0.1, 0.15) is 5.75 Å². The molecule has 0 aromatic heterocycles. The van der Waals surface area contributed by atoms with Gasteiger partial charge in [-0.05, 0) is 18.2 Å². The van der Waals surface area contributed by atoms with Crippen molar-refractivity contribution in [3.05, 3.63) is 82.9 Å². The van der Waals surface area contributed by atoms with Crippen LogP contribution in [0.15, 0.2) is 60.7 Å². The summed E-state index contributed by atoms with van der Waals surface area (Å²) in [5, 5.41) is 20.6. The van der Waals surface area contributed by atoms with Crippen LogP contribution in [0.4, 0.5) is 5.69 Å². The summed E-state index contributed by atoms with van der Waals surface area (Å²) in [6, 6.07) is 14.7. The van der Waals surface area contributed by atoms with E-state index in [2.05, 4.69) is 0 Å². The number of para-hydroxylation sites is 1. The lowest BCUT2D eigenvalue weighted by molar-refractivity contribution is -0.131. The molecule has 9 nitrogen and oxygen atoms in total. The third-order valence-corrected chi connectivity index (χ3v) is 5.86. The number of carbonyl (C=O) groups excluding carboxylic acids is 3. The summed E-state index contributed by atoms with van der Waals surface area (Å²) in [7, 11) is -4.40. The van der Waals surface area contributed by atoms with Crippen LogP contribution in [0.5, 0.6) is 17.2 Å². The molecule has 0 radical (unpaired) electrons. The number of aromatic hydroxyl groups is 2. The number of rotatable bonds is 5. The maximum Gasteiger partial charge on any atom is 0.328 e. The molecule has 3 N–H and O–H groups in total. The summed E-state index contributed by atoms with van der Waals surface area (Å²) in [5.74, 6) is -5.27. The van der Waals surface area contributed by atoms with Crippen LogP contribution in [0.2, 0.25) is 0 Å². The predicted molar refractivity (Wildman–Crippen MR) is 113 cm³/mol. The van der Waals surface area contributed by atoms with Gasteiger partial charge in [-0.1, -0.05) is 42.5 Å². The molecule has 0 atom stereocenters. The van der Waals surface area contributed by atoms with Crippen molar-refractivity contribution >= 4 is 33.2 Å². The highest BCUT2D eigenvalue weighted by Crippen LogP contribution is 2.43. The van der Waals surface area contributed by atoms with Gasteiger partial charge in [0, 0.05) is 16.7 Å². The lowest BCUT2D eigenvalue weighted by Crippen LogP contribution is -2.27. The molecule has 0 fully saturated rings. The summed E-state index contributed by atoms with van der Waals surface area (Å²) in [6.07, 6.45) is 0. The van der Waals surface area contributed by atoms with E-state index in [4.69, 9.17) is 4.74 Å². The smallest absolute Gasteiger partial charge is 0.328 e. The van der Waals surface area contributed by atoms with Crippen molar-refractivity contribution in [3.63, 3.8) is 0 Å². The molecule has 1 aliphatic carbocycles. The molecule has 0 amide bonds. The molecule has 162 valence electrons. The number of ketones is 2. The molecule has 0 spiro atoms. The number of phenols is 2. The fourth-order valence-corrected chi connectivity index (χ4v) is 4.24. The van der Waals surface area contributed by atoms with Gasteiger partial charge in [-0.3, -0.25) is 19.1 Å². The highest BCUT2D eigenvalue weighted by atomic mass is 32.2. The second-order valence-electron chi connectivity index (χ2n) is 6.90. The number of carbonyl (C=O) groups is 3. The molecule has 0 unspecified atom stereocenters.